The number of piperidine rings is 1. The SMILES string of the molecule is Cc1nc(C(=O)N[C@H]2CC[C@H](C(F)(F)F)N(C)C2)c(=O)[nH]c1C. The number of likely N-dealkylation sites (N-methyl/N-ethyl adjacent to an activating group) is 1. The lowest BCUT2D eigenvalue weighted by atomic mass is 9.98. The highest BCUT2D eigenvalue weighted by Crippen LogP contribution is 2.30. The largest absolute Gasteiger partial charge is 0.404 e. The summed E-state index contributed by atoms with van der Waals surface area (Å²) >= 11 is 0. The number of hydrogen-bond donors (Lipinski definition) is 2. The van der Waals surface area contributed by atoms with Gasteiger partial charge in [-0.25, -0.2) is 4.98 Å². The number of hydrogen-bond acceptors (Lipinski definition) is 4. The molecule has 23 heavy (non-hydrogen) atoms. The Morgan fingerprint density at radius 1 is 1.35 bits per heavy atom. The molecule has 1 aliphatic heterocycles. The number of halogens is 3. The van der Waals surface area contributed by atoms with Crippen molar-refractivity contribution in [3.05, 3.63) is 27.4 Å². The van der Waals surface area contributed by atoms with E-state index in [1.54, 1.807) is 13.8 Å². The molecule has 2 rings (SSSR count). The number of alkyl halides is 3. The third-order valence-corrected chi connectivity index (χ3v) is 4.10. The van der Waals surface area contributed by atoms with Crippen LogP contribution in [-0.4, -0.2) is 52.6 Å². The van der Waals surface area contributed by atoms with Crippen molar-refractivity contribution < 1.29 is 18.0 Å². The Kier molecular flexibility index (Phi) is 4.79. The summed E-state index contributed by atoms with van der Waals surface area (Å²) in [4.78, 5) is 31.6. The number of aromatic nitrogens is 2. The van der Waals surface area contributed by atoms with Crippen LogP contribution in [0.4, 0.5) is 13.2 Å². The molecule has 0 saturated carbocycles. The lowest BCUT2D eigenvalue weighted by Crippen LogP contribution is -2.55. The number of amides is 1. The predicted octanol–water partition coefficient (Wildman–Crippen LogP) is 1.14. The second-order valence-corrected chi connectivity index (χ2v) is 5.87. The second kappa shape index (κ2) is 6.31. The van der Waals surface area contributed by atoms with Crippen LogP contribution in [0, 0.1) is 13.8 Å². The molecule has 2 N–H and O–H groups in total. The molecule has 0 aromatic carbocycles. The number of rotatable bonds is 2. The smallest absolute Gasteiger partial charge is 0.346 e. The highest BCUT2D eigenvalue weighted by Gasteiger charge is 2.45. The monoisotopic (exact) mass is 332 g/mol. The number of likely N-dealkylation sites (tertiary alicyclic amines) is 1. The Balaban J connectivity index is 2.05. The van der Waals surface area contributed by atoms with Crippen molar-refractivity contribution in [3.63, 3.8) is 0 Å². The summed E-state index contributed by atoms with van der Waals surface area (Å²) < 4.78 is 38.4. The van der Waals surface area contributed by atoms with Gasteiger partial charge in [0.15, 0.2) is 5.69 Å². The fourth-order valence-electron chi connectivity index (χ4n) is 2.71. The maximum Gasteiger partial charge on any atom is 0.404 e. The maximum atomic E-state index is 12.8. The van der Waals surface area contributed by atoms with E-state index in [-0.39, 0.29) is 25.1 Å². The van der Waals surface area contributed by atoms with Gasteiger partial charge in [0.05, 0.1) is 5.69 Å². The number of aryl methyl sites for hydroxylation is 2. The fraction of sp³-hybridized carbons (Fsp3) is 0.643. The second-order valence-electron chi connectivity index (χ2n) is 5.87. The lowest BCUT2D eigenvalue weighted by Gasteiger charge is -2.38. The van der Waals surface area contributed by atoms with Gasteiger partial charge >= 0.3 is 6.18 Å². The zero-order chi connectivity index (χ0) is 17.4. The first-order valence-corrected chi connectivity index (χ1v) is 7.25. The van der Waals surface area contributed by atoms with Crippen molar-refractivity contribution >= 4 is 5.91 Å². The van der Waals surface area contributed by atoms with Crippen molar-refractivity contribution in [2.24, 2.45) is 0 Å². The van der Waals surface area contributed by atoms with Gasteiger partial charge < -0.3 is 10.3 Å². The molecule has 1 aliphatic rings. The average Bonchev–Trinajstić information content (AvgIpc) is 2.41. The summed E-state index contributed by atoms with van der Waals surface area (Å²) in [6, 6.07) is -1.95. The van der Waals surface area contributed by atoms with Gasteiger partial charge in [-0.15, -0.1) is 0 Å². The van der Waals surface area contributed by atoms with Gasteiger partial charge in [0.25, 0.3) is 11.5 Å². The zero-order valence-corrected chi connectivity index (χ0v) is 13.1. The number of aromatic amines is 1. The highest BCUT2D eigenvalue weighted by molar-refractivity contribution is 5.92. The number of nitrogens with one attached hydrogen (secondary N) is 2. The first kappa shape index (κ1) is 17.5. The quantitative estimate of drug-likeness (QED) is 0.851. The van der Waals surface area contributed by atoms with Crippen LogP contribution in [0.15, 0.2) is 4.79 Å². The normalized spacial score (nSPS) is 22.9. The molecule has 1 fully saturated rings. The molecular formula is C14H19F3N4O2. The van der Waals surface area contributed by atoms with Crippen LogP contribution in [0.5, 0.6) is 0 Å². The van der Waals surface area contributed by atoms with E-state index < -0.39 is 29.7 Å². The summed E-state index contributed by atoms with van der Waals surface area (Å²) in [5.41, 5.74) is 0.209. The van der Waals surface area contributed by atoms with Gasteiger partial charge in [-0.05, 0) is 33.7 Å². The van der Waals surface area contributed by atoms with Crippen LogP contribution in [-0.2, 0) is 0 Å². The molecule has 1 amide bonds. The molecule has 1 aromatic rings. The molecule has 0 spiro atoms. The number of carbonyl (C=O) groups is 1. The molecule has 0 bridgehead atoms. The number of H-pyrrole nitrogens is 1. The molecule has 1 saturated heterocycles. The standard InChI is InChI=1S/C14H19F3N4O2/c1-7-8(2)19-12(22)11(18-7)13(23)20-9-4-5-10(14(15,16)17)21(3)6-9/h9-10H,4-6H2,1-3H3,(H,19,22)(H,20,23)/t9-,10+/m0/s1. The van der Waals surface area contributed by atoms with Gasteiger partial charge in [-0.3, -0.25) is 14.5 Å². The minimum atomic E-state index is -4.28. The zero-order valence-electron chi connectivity index (χ0n) is 13.1. The van der Waals surface area contributed by atoms with Crippen molar-refractivity contribution in [3.8, 4) is 0 Å². The van der Waals surface area contributed by atoms with E-state index in [2.05, 4.69) is 15.3 Å². The van der Waals surface area contributed by atoms with E-state index >= 15 is 0 Å². The highest BCUT2D eigenvalue weighted by atomic mass is 19.4. The summed E-state index contributed by atoms with van der Waals surface area (Å²) in [6.45, 7) is 3.39. The molecule has 0 aliphatic carbocycles. The third kappa shape index (κ3) is 3.90. The Labute approximate surface area is 131 Å². The Bertz CT molecular complexity index is 656. The molecule has 9 heteroatoms. The number of nitrogens with zero attached hydrogens (tertiary/aromatic N) is 2. The van der Waals surface area contributed by atoms with E-state index in [1.165, 1.54) is 11.9 Å². The van der Waals surface area contributed by atoms with Gasteiger partial charge in [0.2, 0.25) is 0 Å². The van der Waals surface area contributed by atoms with E-state index in [0.717, 1.165) is 0 Å². The maximum absolute atomic E-state index is 12.8. The molecular weight excluding hydrogens is 313 g/mol. The molecule has 2 heterocycles. The minimum Gasteiger partial charge on any atom is -0.346 e. The molecule has 128 valence electrons. The van der Waals surface area contributed by atoms with E-state index in [1.807, 2.05) is 0 Å². The summed E-state index contributed by atoms with van der Waals surface area (Å²) in [5, 5.41) is 2.59. The summed E-state index contributed by atoms with van der Waals surface area (Å²) in [6.07, 6.45) is -4.18. The molecule has 0 unspecified atom stereocenters. The Morgan fingerprint density at radius 2 is 2.00 bits per heavy atom. The number of carbonyl (C=O) groups excluding carboxylic acids is 1. The third-order valence-electron chi connectivity index (χ3n) is 4.10. The van der Waals surface area contributed by atoms with Gasteiger partial charge in [0, 0.05) is 18.3 Å². The topological polar surface area (TPSA) is 78.1 Å². The predicted molar refractivity (Wildman–Crippen MR) is 77.3 cm³/mol. The van der Waals surface area contributed by atoms with Gasteiger partial charge in [-0.1, -0.05) is 0 Å². The van der Waals surface area contributed by atoms with Crippen molar-refractivity contribution in [1.82, 2.24) is 20.2 Å². The van der Waals surface area contributed by atoms with Crippen LogP contribution in [0.1, 0.15) is 34.7 Å². The van der Waals surface area contributed by atoms with E-state index in [9.17, 15) is 22.8 Å². The molecule has 1 aromatic heterocycles. The van der Waals surface area contributed by atoms with Crippen LogP contribution >= 0.6 is 0 Å². The lowest BCUT2D eigenvalue weighted by molar-refractivity contribution is -0.188. The van der Waals surface area contributed by atoms with Crippen LogP contribution in [0.25, 0.3) is 0 Å². The van der Waals surface area contributed by atoms with Crippen LogP contribution in [0.3, 0.4) is 0 Å². The van der Waals surface area contributed by atoms with Gasteiger partial charge in [0.1, 0.15) is 6.04 Å². The Hall–Kier alpha value is -1.90. The fourth-order valence-corrected chi connectivity index (χ4v) is 2.71. The van der Waals surface area contributed by atoms with Crippen molar-refractivity contribution in [2.75, 3.05) is 13.6 Å². The first-order chi connectivity index (χ1) is 10.6. The molecule has 2 atom stereocenters. The van der Waals surface area contributed by atoms with Crippen LogP contribution < -0.4 is 10.9 Å². The first-order valence-electron chi connectivity index (χ1n) is 7.25. The molecule has 6 nitrogen and oxygen atoms in total. The van der Waals surface area contributed by atoms with Crippen molar-refractivity contribution in [2.45, 2.75) is 44.9 Å². The van der Waals surface area contributed by atoms with E-state index in [0.29, 0.717) is 11.4 Å². The van der Waals surface area contributed by atoms with Crippen LogP contribution in [0.2, 0.25) is 0 Å². The summed E-state index contributed by atoms with van der Waals surface area (Å²) in [5.74, 6) is -0.668. The minimum absolute atomic E-state index is 0.0681. The average molecular weight is 332 g/mol. The molecule has 0 radical (unpaired) electrons. The van der Waals surface area contributed by atoms with Gasteiger partial charge in [-0.2, -0.15) is 13.2 Å². The Morgan fingerprint density at radius 3 is 2.57 bits per heavy atom. The summed E-state index contributed by atoms with van der Waals surface area (Å²) in [7, 11) is 1.37. The van der Waals surface area contributed by atoms with E-state index in [4.69, 9.17) is 0 Å². The van der Waals surface area contributed by atoms with Crippen molar-refractivity contribution in [1.29, 1.82) is 0 Å².